The van der Waals surface area contributed by atoms with E-state index in [1.165, 1.54) is 12.1 Å². The summed E-state index contributed by atoms with van der Waals surface area (Å²) < 4.78 is 14.2. The third kappa shape index (κ3) is 3.87. The van der Waals surface area contributed by atoms with Crippen molar-refractivity contribution in [2.75, 3.05) is 6.16 Å². The van der Waals surface area contributed by atoms with E-state index in [9.17, 15) is 9.18 Å². The number of carbonyl (C=O) groups is 1. The Morgan fingerprint density at radius 2 is 1.16 bits per heavy atom. The van der Waals surface area contributed by atoms with Crippen molar-refractivity contribution >= 4 is 54.1 Å². The summed E-state index contributed by atoms with van der Waals surface area (Å²) in [5.41, 5.74) is 0.304. The molecule has 0 atom stereocenters. The van der Waals surface area contributed by atoms with E-state index in [-0.39, 0.29) is 17.0 Å². The Labute approximate surface area is 194 Å². The van der Waals surface area contributed by atoms with Gasteiger partial charge in [-0.05, 0) is 0 Å². The third-order valence-corrected chi connectivity index (χ3v) is 15.3. The molecule has 31 heavy (non-hydrogen) atoms. The molecule has 5 heteroatoms. The van der Waals surface area contributed by atoms with Crippen molar-refractivity contribution in [3.05, 3.63) is 126 Å². The fraction of sp³-hybridized carbons (Fsp3) is 0.0385. The molecule has 0 N–H and O–H groups in total. The van der Waals surface area contributed by atoms with Crippen molar-refractivity contribution in [3.63, 3.8) is 0 Å². The second-order valence-electron chi connectivity index (χ2n) is 7.40. The van der Waals surface area contributed by atoms with Gasteiger partial charge in [0.25, 0.3) is 0 Å². The van der Waals surface area contributed by atoms with Crippen molar-refractivity contribution in [2.24, 2.45) is 0 Å². The molecule has 4 aromatic carbocycles. The van der Waals surface area contributed by atoms with Crippen LogP contribution in [0.4, 0.5) is 4.39 Å². The van der Waals surface area contributed by atoms with Gasteiger partial charge in [-0.15, -0.1) is 0 Å². The van der Waals surface area contributed by atoms with Crippen molar-refractivity contribution < 1.29 is 9.18 Å². The molecule has 0 saturated carbocycles. The molecule has 0 bridgehead atoms. The third-order valence-electron chi connectivity index (χ3n) is 5.57. The van der Waals surface area contributed by atoms with Crippen molar-refractivity contribution in [2.45, 2.75) is 0 Å². The molecule has 0 aliphatic rings. The van der Waals surface area contributed by atoms with Crippen LogP contribution in [-0.4, -0.2) is 11.9 Å². The van der Waals surface area contributed by atoms with Gasteiger partial charge in [-0.25, -0.2) is 0 Å². The molecule has 4 aromatic rings. The fourth-order valence-corrected chi connectivity index (χ4v) is 11.4. The SMILES string of the molecule is O=C(CP(Br)(c1ccccc1)(c1ccccc1)c1ccccc1)c1ccc(Cl)c(F)c1. The molecular weight excluding hydrogens is 494 g/mol. The molecule has 0 spiro atoms. The van der Waals surface area contributed by atoms with Gasteiger partial charge in [0.15, 0.2) is 0 Å². The summed E-state index contributed by atoms with van der Waals surface area (Å²) in [5.74, 6) is -0.747. The molecule has 0 fully saturated rings. The van der Waals surface area contributed by atoms with Crippen LogP contribution in [0.15, 0.2) is 109 Å². The van der Waals surface area contributed by atoms with E-state index in [2.05, 4.69) is 51.9 Å². The van der Waals surface area contributed by atoms with Crippen LogP contribution in [0.5, 0.6) is 0 Å². The average Bonchev–Trinajstić information content (AvgIpc) is 2.82. The van der Waals surface area contributed by atoms with E-state index in [0.29, 0.717) is 5.56 Å². The van der Waals surface area contributed by atoms with E-state index >= 15 is 0 Å². The van der Waals surface area contributed by atoms with Gasteiger partial charge in [-0.2, -0.15) is 0 Å². The van der Waals surface area contributed by atoms with Gasteiger partial charge in [0, 0.05) is 0 Å². The molecular formula is C26H20BrClFOP. The molecule has 1 nitrogen and oxygen atoms in total. The van der Waals surface area contributed by atoms with Gasteiger partial charge in [-0.3, -0.25) is 0 Å². The minimum absolute atomic E-state index is 0.00190. The fourth-order valence-electron chi connectivity index (χ4n) is 3.97. The Balaban J connectivity index is 2.01. The first kappa shape index (κ1) is 21.9. The molecule has 4 rings (SSSR count). The van der Waals surface area contributed by atoms with Gasteiger partial charge < -0.3 is 0 Å². The first-order valence-corrected chi connectivity index (χ1v) is 14.6. The monoisotopic (exact) mass is 512 g/mol. The number of benzene rings is 4. The topological polar surface area (TPSA) is 17.1 Å². The number of hydrogen-bond acceptors (Lipinski definition) is 1. The number of carbonyl (C=O) groups excluding carboxylic acids is 1. The van der Waals surface area contributed by atoms with Crippen LogP contribution >= 0.6 is 32.4 Å². The predicted octanol–water partition coefficient (Wildman–Crippen LogP) is 6.50. The molecule has 0 radical (unpaired) electrons. The number of ketones is 1. The molecule has 156 valence electrons. The minimum atomic E-state index is -3.41. The van der Waals surface area contributed by atoms with Crippen LogP contribution in [0.1, 0.15) is 10.4 Å². The standard InChI is InChI=1S/C26H20BrClFOP/c27-31(21-10-4-1-5-11-21,22-12-6-2-7-13-22,23-14-8-3-9-15-23)19-26(30)20-16-17-24(28)25(29)18-20/h1-18H,19H2. The van der Waals surface area contributed by atoms with Crippen LogP contribution < -0.4 is 15.9 Å². The van der Waals surface area contributed by atoms with Crippen LogP contribution in [-0.2, 0) is 0 Å². The summed E-state index contributed by atoms with van der Waals surface area (Å²) in [7, 11) is 0. The molecule has 0 unspecified atom stereocenters. The number of rotatable bonds is 6. The van der Waals surface area contributed by atoms with E-state index < -0.39 is 11.1 Å². The van der Waals surface area contributed by atoms with Crippen molar-refractivity contribution in [3.8, 4) is 0 Å². The van der Waals surface area contributed by atoms with Gasteiger partial charge in [0.2, 0.25) is 0 Å². The first-order chi connectivity index (χ1) is 14.9. The summed E-state index contributed by atoms with van der Waals surface area (Å²) in [4.78, 5) is 13.6. The maximum atomic E-state index is 14.2. The summed E-state index contributed by atoms with van der Waals surface area (Å²) in [6, 6.07) is 34.4. The predicted molar refractivity (Wildman–Crippen MR) is 135 cm³/mol. The zero-order valence-electron chi connectivity index (χ0n) is 16.6. The number of Topliss-reactive ketones (excluding diaryl/α,β-unsaturated/α-hetero) is 1. The normalized spacial score (nSPS) is 12.7. The molecule has 0 aliphatic carbocycles. The molecule has 0 aliphatic heterocycles. The second kappa shape index (κ2) is 8.67. The Bertz CT molecular complexity index is 1120. The van der Waals surface area contributed by atoms with E-state index in [4.69, 9.17) is 11.6 Å². The van der Waals surface area contributed by atoms with Gasteiger partial charge in [0.1, 0.15) is 0 Å². The Kier molecular flexibility index (Phi) is 6.12. The quantitative estimate of drug-likeness (QED) is 0.212. The molecule has 0 aromatic heterocycles. The Morgan fingerprint density at radius 1 is 0.742 bits per heavy atom. The summed E-state index contributed by atoms with van der Waals surface area (Å²) in [6.45, 7) is 0. The van der Waals surface area contributed by atoms with Crippen LogP contribution in [0.2, 0.25) is 5.02 Å². The summed E-state index contributed by atoms with van der Waals surface area (Å²) >= 11 is 10.1. The zero-order chi connectivity index (χ0) is 21.9. The number of hydrogen-bond donors (Lipinski definition) is 0. The maximum absolute atomic E-state index is 14.2. The average molecular weight is 514 g/mol. The molecule has 0 heterocycles. The summed E-state index contributed by atoms with van der Waals surface area (Å²) in [6.07, 6.45) is 0.171. The van der Waals surface area contributed by atoms with Crippen molar-refractivity contribution in [1.82, 2.24) is 0 Å². The molecule has 0 saturated heterocycles. The zero-order valence-corrected chi connectivity index (χ0v) is 19.8. The Hall–Kier alpha value is -2.32. The number of halogens is 3. The van der Waals surface area contributed by atoms with Crippen LogP contribution in [0.3, 0.4) is 0 Å². The van der Waals surface area contributed by atoms with E-state index in [1.54, 1.807) is 6.07 Å². The van der Waals surface area contributed by atoms with E-state index in [0.717, 1.165) is 15.9 Å². The summed E-state index contributed by atoms with van der Waals surface area (Å²) in [5, 5.41) is -0.302. The van der Waals surface area contributed by atoms with Gasteiger partial charge >= 0.3 is 195 Å². The van der Waals surface area contributed by atoms with Crippen LogP contribution in [0, 0.1) is 5.82 Å². The van der Waals surface area contributed by atoms with E-state index in [1.807, 2.05) is 54.6 Å². The van der Waals surface area contributed by atoms with Gasteiger partial charge in [-0.1, -0.05) is 0 Å². The van der Waals surface area contributed by atoms with Gasteiger partial charge in [0.05, 0.1) is 0 Å². The van der Waals surface area contributed by atoms with Crippen LogP contribution in [0.25, 0.3) is 0 Å². The first-order valence-electron chi connectivity index (χ1n) is 9.81. The Morgan fingerprint density at radius 3 is 1.55 bits per heavy atom. The van der Waals surface area contributed by atoms with Crippen molar-refractivity contribution in [1.29, 1.82) is 0 Å². The second-order valence-corrected chi connectivity index (χ2v) is 16.7. The molecule has 0 amide bonds.